The number of benzene rings is 2. The summed E-state index contributed by atoms with van der Waals surface area (Å²) in [5, 5.41) is 5.55. The molecular weight excluding hydrogens is 447 g/mol. The second-order valence-electron chi connectivity index (χ2n) is 8.88. The number of carbonyl (C=O) groups excluding carboxylic acids is 2. The Kier molecular flexibility index (Phi) is 7.11. The van der Waals surface area contributed by atoms with E-state index in [0.29, 0.717) is 24.2 Å². The molecule has 4 rings (SSSR count). The lowest BCUT2D eigenvalue weighted by Gasteiger charge is -2.48. The zero-order valence-electron chi connectivity index (χ0n) is 18.9. The van der Waals surface area contributed by atoms with Crippen LogP contribution in [0.3, 0.4) is 0 Å². The predicted octanol–water partition coefficient (Wildman–Crippen LogP) is 4.47. The number of nitrogens with zero attached hydrogens (tertiary/aromatic N) is 1. The number of anilines is 1. The predicted molar refractivity (Wildman–Crippen MR) is 122 cm³/mol. The maximum atomic E-state index is 13.3. The van der Waals surface area contributed by atoms with Crippen molar-refractivity contribution >= 4 is 17.5 Å². The number of ether oxygens (including phenoxy) is 1. The van der Waals surface area contributed by atoms with Crippen molar-refractivity contribution in [3.05, 3.63) is 59.7 Å². The van der Waals surface area contributed by atoms with Crippen LogP contribution in [-0.4, -0.2) is 48.5 Å². The third-order valence-corrected chi connectivity index (χ3v) is 6.63. The molecule has 2 saturated heterocycles. The normalized spacial score (nSPS) is 22.6. The van der Waals surface area contributed by atoms with Crippen molar-refractivity contribution in [3.63, 3.8) is 0 Å². The Balaban J connectivity index is 1.38. The summed E-state index contributed by atoms with van der Waals surface area (Å²) in [7, 11) is 1.55. The first-order valence-corrected chi connectivity index (χ1v) is 11.4. The number of halogens is 3. The topological polar surface area (TPSA) is 70.7 Å². The van der Waals surface area contributed by atoms with E-state index in [1.54, 1.807) is 31.4 Å². The van der Waals surface area contributed by atoms with E-state index in [1.807, 2.05) is 0 Å². The molecule has 9 heteroatoms. The molecule has 3 atom stereocenters. The van der Waals surface area contributed by atoms with E-state index in [-0.39, 0.29) is 36.3 Å². The number of fused-ring (bicyclic) bond motifs is 2. The van der Waals surface area contributed by atoms with Crippen molar-refractivity contribution in [2.45, 2.75) is 56.4 Å². The van der Waals surface area contributed by atoms with Crippen LogP contribution in [-0.2, 0) is 11.0 Å². The van der Waals surface area contributed by atoms with Crippen LogP contribution in [0.4, 0.5) is 18.9 Å². The van der Waals surface area contributed by atoms with Crippen LogP contribution in [0.15, 0.2) is 48.5 Å². The average Bonchev–Trinajstić information content (AvgIpc) is 2.79. The molecular formula is C25H28F3N3O3. The highest BCUT2D eigenvalue weighted by atomic mass is 19.4. The summed E-state index contributed by atoms with van der Waals surface area (Å²) in [4.78, 5) is 27.5. The number of alkyl halides is 3. The Morgan fingerprint density at radius 3 is 2.44 bits per heavy atom. The Bertz CT molecular complexity index is 1030. The van der Waals surface area contributed by atoms with Gasteiger partial charge in [0, 0.05) is 23.7 Å². The average molecular weight is 476 g/mol. The molecule has 2 aromatic carbocycles. The first-order chi connectivity index (χ1) is 16.2. The number of amides is 2. The van der Waals surface area contributed by atoms with Crippen molar-refractivity contribution < 1.29 is 27.5 Å². The zero-order chi connectivity index (χ0) is 24.3. The lowest BCUT2D eigenvalue weighted by molar-refractivity contribution is -0.137. The van der Waals surface area contributed by atoms with Gasteiger partial charge in [0.15, 0.2) is 0 Å². The van der Waals surface area contributed by atoms with Gasteiger partial charge in [-0.1, -0.05) is 24.6 Å². The largest absolute Gasteiger partial charge is 0.497 e. The van der Waals surface area contributed by atoms with Crippen LogP contribution in [0.25, 0.3) is 0 Å². The zero-order valence-corrected chi connectivity index (χ0v) is 18.9. The minimum atomic E-state index is -4.54. The molecule has 0 radical (unpaired) electrons. The standard InChI is InChI=1S/C25H28F3N3O3/c1-34-20-9-4-6-16(12-20)24(33)29-17-13-18-7-5-8-19(14-17)31(18)15-23(32)30-22-11-3-2-10-21(22)25(26,27)28/h2-4,6,9-12,17-19H,5,7-8,13-15H2,1H3,(H,29,33)(H,30,32)/t17?,18-,19+. The first-order valence-electron chi connectivity index (χ1n) is 11.4. The monoisotopic (exact) mass is 475 g/mol. The summed E-state index contributed by atoms with van der Waals surface area (Å²) < 4.78 is 45.0. The van der Waals surface area contributed by atoms with Gasteiger partial charge in [0.1, 0.15) is 5.75 Å². The van der Waals surface area contributed by atoms with Gasteiger partial charge in [0.05, 0.1) is 24.9 Å². The highest BCUT2D eigenvalue weighted by Gasteiger charge is 2.40. The van der Waals surface area contributed by atoms with Gasteiger partial charge >= 0.3 is 6.18 Å². The molecule has 0 aliphatic carbocycles. The van der Waals surface area contributed by atoms with Crippen LogP contribution < -0.4 is 15.4 Å². The number of nitrogens with one attached hydrogen (secondary N) is 2. The van der Waals surface area contributed by atoms with Gasteiger partial charge in [-0.2, -0.15) is 13.2 Å². The van der Waals surface area contributed by atoms with Crippen LogP contribution in [0, 0.1) is 0 Å². The molecule has 0 spiro atoms. The van der Waals surface area contributed by atoms with Crippen molar-refractivity contribution in [3.8, 4) is 5.75 Å². The summed E-state index contributed by atoms with van der Waals surface area (Å²) >= 11 is 0. The lowest BCUT2D eigenvalue weighted by atomic mass is 9.81. The van der Waals surface area contributed by atoms with E-state index in [2.05, 4.69) is 15.5 Å². The van der Waals surface area contributed by atoms with E-state index in [4.69, 9.17) is 4.74 Å². The number of hydrogen-bond donors (Lipinski definition) is 2. The van der Waals surface area contributed by atoms with Crippen LogP contribution in [0.1, 0.15) is 48.0 Å². The summed E-state index contributed by atoms with van der Waals surface area (Å²) in [6.07, 6.45) is -0.360. The molecule has 2 heterocycles. The molecule has 2 bridgehead atoms. The molecule has 182 valence electrons. The van der Waals surface area contributed by atoms with Crippen molar-refractivity contribution in [1.82, 2.24) is 10.2 Å². The molecule has 2 aromatic rings. The summed E-state index contributed by atoms with van der Waals surface area (Å²) in [5.74, 6) is -0.0261. The Labute approximate surface area is 196 Å². The quantitative estimate of drug-likeness (QED) is 0.647. The molecule has 34 heavy (non-hydrogen) atoms. The maximum absolute atomic E-state index is 13.3. The van der Waals surface area contributed by atoms with Crippen molar-refractivity contribution in [1.29, 1.82) is 0 Å². The van der Waals surface area contributed by atoms with Gasteiger partial charge in [-0.15, -0.1) is 0 Å². The fourth-order valence-corrected chi connectivity index (χ4v) is 5.08. The number of rotatable bonds is 6. The molecule has 2 fully saturated rings. The van der Waals surface area contributed by atoms with Gasteiger partial charge in [0.25, 0.3) is 5.91 Å². The summed E-state index contributed by atoms with van der Waals surface area (Å²) in [6, 6.07) is 12.1. The summed E-state index contributed by atoms with van der Waals surface area (Å²) in [5.41, 5.74) is -0.567. The van der Waals surface area contributed by atoms with Gasteiger partial charge in [-0.25, -0.2) is 0 Å². The minimum Gasteiger partial charge on any atom is -0.497 e. The second kappa shape index (κ2) is 10.0. The molecule has 2 aliphatic heterocycles. The number of para-hydroxylation sites is 1. The molecule has 2 aliphatic rings. The van der Waals surface area contributed by atoms with E-state index >= 15 is 0 Å². The second-order valence-corrected chi connectivity index (χ2v) is 8.88. The van der Waals surface area contributed by atoms with Gasteiger partial charge < -0.3 is 15.4 Å². The molecule has 0 saturated carbocycles. The number of hydrogen-bond acceptors (Lipinski definition) is 4. The molecule has 2 amide bonds. The van der Waals surface area contributed by atoms with Gasteiger partial charge in [-0.05, 0) is 56.0 Å². The third kappa shape index (κ3) is 5.52. The highest BCUT2D eigenvalue weighted by molar-refractivity contribution is 5.95. The summed E-state index contributed by atoms with van der Waals surface area (Å²) in [6.45, 7) is 0.0259. The Morgan fingerprint density at radius 1 is 1.06 bits per heavy atom. The number of piperidine rings is 2. The fraction of sp³-hybridized carbons (Fsp3) is 0.440. The van der Waals surface area contributed by atoms with Crippen molar-refractivity contribution in [2.24, 2.45) is 0 Å². The molecule has 1 unspecified atom stereocenters. The van der Waals surface area contributed by atoms with Crippen molar-refractivity contribution in [2.75, 3.05) is 19.0 Å². The van der Waals surface area contributed by atoms with Crippen LogP contribution >= 0.6 is 0 Å². The van der Waals surface area contributed by atoms with E-state index < -0.39 is 17.6 Å². The van der Waals surface area contributed by atoms with Crippen LogP contribution in [0.2, 0.25) is 0 Å². The van der Waals surface area contributed by atoms with Crippen LogP contribution in [0.5, 0.6) is 5.75 Å². The maximum Gasteiger partial charge on any atom is 0.418 e. The fourth-order valence-electron chi connectivity index (χ4n) is 5.08. The van der Waals surface area contributed by atoms with E-state index in [9.17, 15) is 22.8 Å². The van der Waals surface area contributed by atoms with Gasteiger partial charge in [-0.3, -0.25) is 14.5 Å². The minimum absolute atomic E-state index is 0.0259. The van der Waals surface area contributed by atoms with E-state index in [0.717, 1.165) is 25.3 Å². The smallest absolute Gasteiger partial charge is 0.418 e. The number of carbonyl (C=O) groups is 2. The number of methoxy groups -OCH3 is 1. The lowest BCUT2D eigenvalue weighted by Crippen LogP contribution is -2.58. The Hall–Kier alpha value is -3.07. The van der Waals surface area contributed by atoms with E-state index in [1.165, 1.54) is 18.2 Å². The molecule has 0 aromatic heterocycles. The highest BCUT2D eigenvalue weighted by Crippen LogP contribution is 2.36. The molecule has 2 N–H and O–H groups in total. The van der Waals surface area contributed by atoms with Gasteiger partial charge in [0.2, 0.25) is 5.91 Å². The SMILES string of the molecule is COc1cccc(C(=O)NC2C[C@H]3CCC[C@@H](C2)N3CC(=O)Nc2ccccc2C(F)(F)F)c1. The third-order valence-electron chi connectivity index (χ3n) is 6.63. The molecule has 6 nitrogen and oxygen atoms in total. The first kappa shape index (κ1) is 24.1. The Morgan fingerprint density at radius 2 is 1.76 bits per heavy atom.